The lowest BCUT2D eigenvalue weighted by Gasteiger charge is -2.16. The molecule has 0 unspecified atom stereocenters. The maximum atomic E-state index is 12.4. The van der Waals surface area contributed by atoms with E-state index >= 15 is 0 Å². The van der Waals surface area contributed by atoms with E-state index in [0.717, 1.165) is 11.5 Å². The quantitative estimate of drug-likeness (QED) is 0.938. The molecule has 1 aromatic carbocycles. The standard InChI is InChI=1S/C14H11N3O3S/c1-8-11(14(19)20)13(21-16-8)17(2)12(18)10-5-3-4-9(6-10)7-15/h3-6H,1-2H3,(H,19,20). The Morgan fingerprint density at radius 2 is 2.14 bits per heavy atom. The smallest absolute Gasteiger partial charge is 0.340 e. The lowest BCUT2D eigenvalue weighted by molar-refractivity contribution is 0.0697. The van der Waals surface area contributed by atoms with Gasteiger partial charge in [0.25, 0.3) is 5.91 Å². The largest absolute Gasteiger partial charge is 0.478 e. The van der Waals surface area contributed by atoms with Crippen LogP contribution in [0.3, 0.4) is 0 Å². The summed E-state index contributed by atoms with van der Waals surface area (Å²) in [4.78, 5) is 24.9. The molecule has 0 saturated heterocycles. The number of nitrogens with zero attached hydrogens (tertiary/aromatic N) is 3. The molecule has 6 nitrogen and oxygen atoms in total. The molecule has 0 bridgehead atoms. The number of hydrogen-bond acceptors (Lipinski definition) is 5. The Morgan fingerprint density at radius 1 is 1.43 bits per heavy atom. The topological polar surface area (TPSA) is 94.3 Å². The third-order valence-corrected chi connectivity index (χ3v) is 3.92. The molecule has 0 fully saturated rings. The summed E-state index contributed by atoms with van der Waals surface area (Å²) in [6.45, 7) is 1.58. The number of aromatic nitrogens is 1. The molecule has 1 aromatic heterocycles. The summed E-state index contributed by atoms with van der Waals surface area (Å²) in [5.41, 5.74) is 1.08. The highest BCUT2D eigenvalue weighted by Crippen LogP contribution is 2.28. The summed E-state index contributed by atoms with van der Waals surface area (Å²) in [5, 5.41) is 18.3. The van der Waals surface area contributed by atoms with Crippen LogP contribution in [0.25, 0.3) is 0 Å². The van der Waals surface area contributed by atoms with Gasteiger partial charge in [-0.25, -0.2) is 4.79 Å². The van der Waals surface area contributed by atoms with Crippen molar-refractivity contribution in [2.75, 3.05) is 11.9 Å². The van der Waals surface area contributed by atoms with Crippen LogP contribution in [0, 0.1) is 18.3 Å². The molecule has 0 aliphatic carbocycles. The normalized spacial score (nSPS) is 9.95. The van der Waals surface area contributed by atoms with Gasteiger partial charge in [0.15, 0.2) is 0 Å². The summed E-state index contributed by atoms with van der Waals surface area (Å²) >= 11 is 0.955. The summed E-state index contributed by atoms with van der Waals surface area (Å²) in [6.07, 6.45) is 0. The second kappa shape index (κ2) is 5.73. The molecule has 0 spiro atoms. The van der Waals surface area contributed by atoms with Crippen molar-refractivity contribution in [1.82, 2.24) is 4.37 Å². The SMILES string of the molecule is Cc1nsc(N(C)C(=O)c2cccc(C#N)c2)c1C(=O)O. The molecule has 0 atom stereocenters. The maximum Gasteiger partial charge on any atom is 0.340 e. The van der Waals surface area contributed by atoms with E-state index in [-0.39, 0.29) is 10.6 Å². The Morgan fingerprint density at radius 3 is 2.76 bits per heavy atom. The average Bonchev–Trinajstić information content (AvgIpc) is 2.87. The van der Waals surface area contributed by atoms with E-state index in [2.05, 4.69) is 4.37 Å². The van der Waals surface area contributed by atoms with E-state index < -0.39 is 11.9 Å². The van der Waals surface area contributed by atoms with Crippen LogP contribution in [0.1, 0.15) is 32.0 Å². The number of carbonyl (C=O) groups excluding carboxylic acids is 1. The summed E-state index contributed by atoms with van der Waals surface area (Å²) in [6, 6.07) is 8.20. The zero-order valence-electron chi connectivity index (χ0n) is 11.3. The summed E-state index contributed by atoms with van der Waals surface area (Å²) in [5.74, 6) is -1.51. The van der Waals surface area contributed by atoms with Gasteiger partial charge in [0.05, 0.1) is 17.3 Å². The minimum atomic E-state index is -1.12. The number of aromatic carboxylic acids is 1. The van der Waals surface area contributed by atoms with Gasteiger partial charge in [-0.05, 0) is 36.7 Å². The predicted molar refractivity (Wildman–Crippen MR) is 77.7 cm³/mol. The average molecular weight is 301 g/mol. The molecule has 2 rings (SSSR count). The Kier molecular flexibility index (Phi) is 4.00. The van der Waals surface area contributed by atoms with E-state index in [4.69, 9.17) is 5.26 Å². The molecule has 0 saturated carbocycles. The van der Waals surface area contributed by atoms with E-state index in [0.29, 0.717) is 16.8 Å². The first-order chi connectivity index (χ1) is 9.95. The molecular weight excluding hydrogens is 290 g/mol. The van der Waals surface area contributed by atoms with Crippen LogP contribution >= 0.6 is 11.5 Å². The Bertz CT molecular complexity index is 761. The molecule has 1 amide bonds. The van der Waals surface area contributed by atoms with Crippen molar-refractivity contribution < 1.29 is 14.7 Å². The zero-order chi connectivity index (χ0) is 15.6. The second-order valence-corrected chi connectivity index (χ2v) is 5.06. The van der Waals surface area contributed by atoms with Gasteiger partial charge in [-0.15, -0.1) is 0 Å². The third-order valence-electron chi connectivity index (χ3n) is 2.91. The van der Waals surface area contributed by atoms with Crippen molar-refractivity contribution in [1.29, 1.82) is 5.26 Å². The maximum absolute atomic E-state index is 12.4. The lowest BCUT2D eigenvalue weighted by atomic mass is 10.1. The van der Waals surface area contributed by atoms with Gasteiger partial charge >= 0.3 is 5.97 Å². The highest BCUT2D eigenvalue weighted by molar-refractivity contribution is 7.11. The molecule has 0 aliphatic heterocycles. The number of nitriles is 1. The highest BCUT2D eigenvalue weighted by Gasteiger charge is 2.24. The highest BCUT2D eigenvalue weighted by atomic mass is 32.1. The minimum absolute atomic E-state index is 0.0206. The Balaban J connectivity index is 2.40. The van der Waals surface area contributed by atoms with Gasteiger partial charge < -0.3 is 10.0 Å². The van der Waals surface area contributed by atoms with E-state index in [9.17, 15) is 14.7 Å². The molecule has 2 aromatic rings. The van der Waals surface area contributed by atoms with Crippen LogP contribution < -0.4 is 4.90 Å². The first kappa shape index (κ1) is 14.7. The van der Waals surface area contributed by atoms with Gasteiger partial charge in [-0.2, -0.15) is 9.64 Å². The summed E-state index contributed by atoms with van der Waals surface area (Å²) in [7, 11) is 1.49. The van der Waals surface area contributed by atoms with Crippen LogP contribution in [-0.2, 0) is 0 Å². The van der Waals surface area contributed by atoms with Gasteiger partial charge in [0.1, 0.15) is 10.6 Å². The van der Waals surface area contributed by atoms with Crippen LogP contribution in [-0.4, -0.2) is 28.4 Å². The molecule has 0 radical (unpaired) electrons. The molecule has 106 valence electrons. The monoisotopic (exact) mass is 301 g/mol. The van der Waals surface area contributed by atoms with Crippen LogP contribution in [0.2, 0.25) is 0 Å². The molecular formula is C14H11N3O3S. The fourth-order valence-electron chi connectivity index (χ4n) is 1.84. The van der Waals surface area contributed by atoms with Gasteiger partial charge in [0, 0.05) is 12.6 Å². The number of carboxylic acid groups (broad SMARTS) is 1. The van der Waals surface area contributed by atoms with Crippen molar-refractivity contribution in [2.45, 2.75) is 6.92 Å². The van der Waals surface area contributed by atoms with Crippen molar-refractivity contribution in [2.24, 2.45) is 0 Å². The first-order valence-electron chi connectivity index (χ1n) is 5.93. The van der Waals surface area contributed by atoms with Crippen molar-refractivity contribution >= 4 is 28.4 Å². The molecule has 7 heteroatoms. The molecule has 0 aliphatic rings. The molecule has 1 heterocycles. The predicted octanol–water partition coefficient (Wildman–Crippen LogP) is 2.30. The Labute approximate surface area is 125 Å². The van der Waals surface area contributed by atoms with E-state index in [1.807, 2.05) is 6.07 Å². The van der Waals surface area contributed by atoms with Crippen LogP contribution in [0.5, 0.6) is 0 Å². The minimum Gasteiger partial charge on any atom is -0.478 e. The number of aryl methyl sites for hydroxylation is 1. The van der Waals surface area contributed by atoms with Crippen LogP contribution in [0.15, 0.2) is 24.3 Å². The first-order valence-corrected chi connectivity index (χ1v) is 6.70. The summed E-state index contributed by atoms with van der Waals surface area (Å²) < 4.78 is 3.98. The second-order valence-electron chi connectivity index (χ2n) is 4.31. The van der Waals surface area contributed by atoms with E-state index in [1.165, 1.54) is 18.0 Å². The number of anilines is 1. The zero-order valence-corrected chi connectivity index (χ0v) is 12.1. The fraction of sp³-hybridized carbons (Fsp3) is 0.143. The molecule has 1 N–H and O–H groups in total. The van der Waals surface area contributed by atoms with Gasteiger partial charge in [-0.3, -0.25) is 4.79 Å². The van der Waals surface area contributed by atoms with Crippen molar-refractivity contribution in [3.63, 3.8) is 0 Å². The van der Waals surface area contributed by atoms with Crippen molar-refractivity contribution in [3.05, 3.63) is 46.6 Å². The van der Waals surface area contributed by atoms with Gasteiger partial charge in [0.2, 0.25) is 0 Å². The number of benzene rings is 1. The number of carboxylic acids is 1. The fourth-order valence-corrected chi connectivity index (χ4v) is 2.69. The number of carbonyl (C=O) groups is 2. The van der Waals surface area contributed by atoms with E-state index in [1.54, 1.807) is 25.1 Å². The van der Waals surface area contributed by atoms with Gasteiger partial charge in [-0.1, -0.05) is 6.07 Å². The number of amides is 1. The van der Waals surface area contributed by atoms with Crippen LogP contribution in [0.4, 0.5) is 5.00 Å². The lowest BCUT2D eigenvalue weighted by Crippen LogP contribution is -2.27. The Hall–Kier alpha value is -2.72. The third kappa shape index (κ3) is 2.75. The molecule has 21 heavy (non-hydrogen) atoms. The van der Waals surface area contributed by atoms with Crippen molar-refractivity contribution in [3.8, 4) is 6.07 Å². The number of rotatable bonds is 3. The number of hydrogen-bond donors (Lipinski definition) is 1.